The molecule has 1 fully saturated rings. The van der Waals surface area contributed by atoms with Crippen molar-refractivity contribution in [2.75, 3.05) is 13.2 Å². The van der Waals surface area contributed by atoms with Gasteiger partial charge in [-0.3, -0.25) is 0 Å². The zero-order valence-corrected chi connectivity index (χ0v) is 13.4. The molecule has 1 aliphatic carbocycles. The van der Waals surface area contributed by atoms with Crippen molar-refractivity contribution in [1.29, 1.82) is 0 Å². The molecule has 3 unspecified atom stereocenters. The fourth-order valence-corrected chi connectivity index (χ4v) is 4.16. The fourth-order valence-electron chi connectivity index (χ4n) is 4.16. The van der Waals surface area contributed by atoms with E-state index in [2.05, 4.69) is 26.1 Å². The number of rotatable bonds is 3. The highest BCUT2D eigenvalue weighted by atomic mass is 16.5. The number of hydrogen-bond donors (Lipinski definition) is 2. The molecule has 1 aliphatic heterocycles. The van der Waals surface area contributed by atoms with E-state index in [-0.39, 0.29) is 6.04 Å². The second kappa shape index (κ2) is 5.98. The molecule has 21 heavy (non-hydrogen) atoms. The van der Waals surface area contributed by atoms with Crippen LogP contribution in [0.4, 0.5) is 0 Å². The van der Waals surface area contributed by atoms with E-state index in [1.165, 1.54) is 11.1 Å². The largest absolute Gasteiger partial charge is 0.508 e. The maximum Gasteiger partial charge on any atom is 0.120 e. The van der Waals surface area contributed by atoms with Crippen molar-refractivity contribution in [3.8, 4) is 5.75 Å². The van der Waals surface area contributed by atoms with Gasteiger partial charge in [-0.25, -0.2) is 0 Å². The van der Waals surface area contributed by atoms with E-state index in [1.54, 1.807) is 0 Å². The summed E-state index contributed by atoms with van der Waals surface area (Å²) in [5.74, 6) is 1.66. The first-order chi connectivity index (χ1) is 10.1. The molecule has 116 valence electrons. The Morgan fingerprint density at radius 2 is 1.95 bits per heavy atom. The van der Waals surface area contributed by atoms with Crippen molar-refractivity contribution in [3.63, 3.8) is 0 Å². The van der Waals surface area contributed by atoms with Crippen LogP contribution in [-0.4, -0.2) is 24.4 Å². The van der Waals surface area contributed by atoms with Gasteiger partial charge >= 0.3 is 0 Å². The molecule has 3 atom stereocenters. The predicted molar refractivity (Wildman–Crippen MR) is 84.8 cm³/mol. The van der Waals surface area contributed by atoms with Gasteiger partial charge in [0.15, 0.2) is 0 Å². The molecule has 1 saturated heterocycles. The van der Waals surface area contributed by atoms with Gasteiger partial charge in [0.2, 0.25) is 0 Å². The number of fused-ring (bicyclic) bond motifs is 1. The van der Waals surface area contributed by atoms with Crippen LogP contribution in [0.25, 0.3) is 0 Å². The van der Waals surface area contributed by atoms with Crippen molar-refractivity contribution < 1.29 is 9.84 Å². The number of nitrogens with one attached hydrogen (secondary N) is 1. The molecule has 0 aromatic heterocycles. The molecule has 1 aromatic rings. The monoisotopic (exact) mass is 289 g/mol. The smallest absolute Gasteiger partial charge is 0.120 e. The predicted octanol–water partition coefficient (Wildman–Crippen LogP) is 3.65. The van der Waals surface area contributed by atoms with Crippen molar-refractivity contribution in [2.45, 2.75) is 58.0 Å². The molecule has 3 heteroatoms. The molecule has 0 radical (unpaired) electrons. The van der Waals surface area contributed by atoms with Crippen LogP contribution >= 0.6 is 0 Å². The number of hydrogen-bond acceptors (Lipinski definition) is 3. The van der Waals surface area contributed by atoms with Crippen LogP contribution in [0.3, 0.4) is 0 Å². The lowest BCUT2D eigenvalue weighted by atomic mass is 9.91. The summed E-state index contributed by atoms with van der Waals surface area (Å²) >= 11 is 0. The van der Waals surface area contributed by atoms with Crippen molar-refractivity contribution >= 4 is 0 Å². The summed E-state index contributed by atoms with van der Waals surface area (Å²) in [7, 11) is 0. The van der Waals surface area contributed by atoms with Crippen LogP contribution in [0.5, 0.6) is 5.75 Å². The van der Waals surface area contributed by atoms with Crippen LogP contribution in [0.1, 0.15) is 61.8 Å². The van der Waals surface area contributed by atoms with E-state index in [0.29, 0.717) is 23.6 Å². The fraction of sp³-hybridized carbons (Fsp3) is 0.667. The molecule has 0 spiro atoms. The van der Waals surface area contributed by atoms with Gasteiger partial charge in [0.05, 0.1) is 0 Å². The summed E-state index contributed by atoms with van der Waals surface area (Å²) < 4.78 is 5.46. The minimum Gasteiger partial charge on any atom is -0.508 e. The number of aromatic hydroxyl groups is 1. The number of phenols is 1. The lowest BCUT2D eigenvalue weighted by molar-refractivity contribution is 0.0543. The standard InChI is InChI=1S/C18H27NO2/c1-11-4-5-16(20)18-15(10-12(2)17(11)18)19-13(3)14-6-8-21-9-7-14/h4-5,12-15,19-20H,6-10H2,1-3H3. The Labute approximate surface area is 127 Å². The second-order valence-corrected chi connectivity index (χ2v) is 6.82. The zero-order valence-electron chi connectivity index (χ0n) is 13.4. The van der Waals surface area contributed by atoms with E-state index in [0.717, 1.165) is 38.0 Å². The Hall–Kier alpha value is -1.06. The third kappa shape index (κ3) is 2.82. The molecule has 2 aliphatic rings. The number of ether oxygens (including phenoxy) is 1. The first kappa shape index (κ1) is 14.9. The van der Waals surface area contributed by atoms with Gasteiger partial charge in [0.25, 0.3) is 0 Å². The van der Waals surface area contributed by atoms with E-state index < -0.39 is 0 Å². The Kier molecular flexibility index (Phi) is 4.23. The molecule has 0 saturated carbocycles. The van der Waals surface area contributed by atoms with Gasteiger partial charge in [-0.1, -0.05) is 13.0 Å². The average Bonchev–Trinajstić information content (AvgIpc) is 2.81. The summed E-state index contributed by atoms with van der Waals surface area (Å²) in [5, 5.41) is 14.1. The normalized spacial score (nSPS) is 27.6. The highest BCUT2D eigenvalue weighted by Crippen LogP contribution is 2.46. The lowest BCUT2D eigenvalue weighted by Crippen LogP contribution is -2.38. The third-order valence-corrected chi connectivity index (χ3v) is 5.35. The summed E-state index contributed by atoms with van der Waals surface area (Å²) in [6.07, 6.45) is 3.37. The molecule has 3 nitrogen and oxygen atoms in total. The van der Waals surface area contributed by atoms with Gasteiger partial charge in [-0.2, -0.15) is 0 Å². The van der Waals surface area contributed by atoms with Gasteiger partial charge in [0.1, 0.15) is 5.75 Å². The highest BCUT2D eigenvalue weighted by Gasteiger charge is 2.34. The highest BCUT2D eigenvalue weighted by molar-refractivity contribution is 5.50. The number of phenolic OH excluding ortho intramolecular Hbond substituents is 1. The number of benzene rings is 1. The van der Waals surface area contributed by atoms with Crippen LogP contribution < -0.4 is 5.32 Å². The maximum atomic E-state index is 10.3. The van der Waals surface area contributed by atoms with Gasteiger partial charge < -0.3 is 15.2 Å². The Morgan fingerprint density at radius 1 is 1.24 bits per heavy atom. The van der Waals surface area contributed by atoms with Gasteiger partial charge in [-0.15, -0.1) is 0 Å². The quantitative estimate of drug-likeness (QED) is 0.892. The van der Waals surface area contributed by atoms with Crippen molar-refractivity contribution in [1.82, 2.24) is 5.32 Å². The van der Waals surface area contributed by atoms with E-state index in [1.807, 2.05) is 12.1 Å². The second-order valence-electron chi connectivity index (χ2n) is 6.82. The summed E-state index contributed by atoms with van der Waals surface area (Å²) in [4.78, 5) is 0. The van der Waals surface area contributed by atoms with E-state index in [4.69, 9.17) is 4.74 Å². The average molecular weight is 289 g/mol. The van der Waals surface area contributed by atoms with Crippen LogP contribution in [0.2, 0.25) is 0 Å². The van der Waals surface area contributed by atoms with E-state index in [9.17, 15) is 5.11 Å². The molecule has 1 heterocycles. The third-order valence-electron chi connectivity index (χ3n) is 5.35. The topological polar surface area (TPSA) is 41.5 Å². The first-order valence-electron chi connectivity index (χ1n) is 8.24. The van der Waals surface area contributed by atoms with E-state index >= 15 is 0 Å². The Bertz CT molecular complexity index is 508. The summed E-state index contributed by atoms with van der Waals surface area (Å²) in [6, 6.07) is 4.64. The molecular weight excluding hydrogens is 262 g/mol. The summed E-state index contributed by atoms with van der Waals surface area (Å²) in [5.41, 5.74) is 3.80. The Morgan fingerprint density at radius 3 is 2.67 bits per heavy atom. The lowest BCUT2D eigenvalue weighted by Gasteiger charge is -2.31. The first-order valence-corrected chi connectivity index (χ1v) is 8.24. The van der Waals surface area contributed by atoms with Crippen LogP contribution in [0, 0.1) is 12.8 Å². The maximum absolute atomic E-state index is 10.3. The molecule has 0 bridgehead atoms. The minimum atomic E-state index is 0.285. The molecule has 3 rings (SSSR count). The van der Waals surface area contributed by atoms with Crippen molar-refractivity contribution in [3.05, 3.63) is 28.8 Å². The van der Waals surface area contributed by atoms with Crippen molar-refractivity contribution in [2.24, 2.45) is 5.92 Å². The van der Waals surface area contributed by atoms with Gasteiger partial charge in [0, 0.05) is 30.9 Å². The summed E-state index contributed by atoms with van der Waals surface area (Å²) in [6.45, 7) is 8.48. The molecular formula is C18H27NO2. The Balaban J connectivity index is 1.78. The zero-order chi connectivity index (χ0) is 15.0. The number of aryl methyl sites for hydroxylation is 1. The SMILES string of the molecule is Cc1ccc(O)c2c1C(C)CC2NC(C)C1CCOCC1. The molecule has 2 N–H and O–H groups in total. The van der Waals surface area contributed by atoms with Gasteiger partial charge in [-0.05, 0) is 62.1 Å². The molecule has 1 aromatic carbocycles. The van der Waals surface area contributed by atoms with Crippen LogP contribution in [-0.2, 0) is 4.74 Å². The minimum absolute atomic E-state index is 0.285. The molecule has 0 amide bonds. The van der Waals surface area contributed by atoms with Crippen LogP contribution in [0.15, 0.2) is 12.1 Å².